The third kappa shape index (κ3) is 6.39. The fourth-order valence-electron chi connectivity index (χ4n) is 5.43. The van der Waals surface area contributed by atoms with Crippen LogP contribution in [0.15, 0.2) is 67.0 Å². The lowest BCUT2D eigenvalue weighted by atomic mass is 9.98. The highest BCUT2D eigenvalue weighted by Gasteiger charge is 2.50. The highest BCUT2D eigenvalue weighted by molar-refractivity contribution is 6.87. The van der Waals surface area contributed by atoms with E-state index < -0.39 is 32.1 Å². The van der Waals surface area contributed by atoms with Gasteiger partial charge >= 0.3 is 6.08 Å². The molecular weight excluding hydrogens is 549 g/mol. The van der Waals surface area contributed by atoms with Crippen LogP contribution in [0.25, 0.3) is 11.2 Å². The second-order valence-corrected chi connectivity index (χ2v) is 15.7. The third-order valence-corrected chi connectivity index (χ3v) is 13.0. The molecule has 5 rings (SSSR count). The Kier molecular flexibility index (Phi) is 9.33. The molecule has 0 aliphatic carbocycles. The molecule has 220 valence electrons. The van der Waals surface area contributed by atoms with Crippen molar-refractivity contribution in [2.24, 2.45) is 0 Å². The van der Waals surface area contributed by atoms with Crippen LogP contribution in [-0.4, -0.2) is 45.9 Å². The minimum absolute atomic E-state index is 0.0204. The van der Waals surface area contributed by atoms with Crippen molar-refractivity contribution in [3.63, 3.8) is 0 Å². The van der Waals surface area contributed by atoms with Crippen LogP contribution >= 0.6 is 0 Å². The Morgan fingerprint density at radius 2 is 1.64 bits per heavy atom. The van der Waals surface area contributed by atoms with E-state index in [-0.39, 0.29) is 18.1 Å². The number of hydrogen-bond donors (Lipinski definition) is 1. The van der Waals surface area contributed by atoms with Crippen LogP contribution < -0.4 is 5.73 Å². The molecule has 0 radical (unpaired) electrons. The number of hydrogen-bond acceptors (Lipinski definition) is 7. The van der Waals surface area contributed by atoms with Gasteiger partial charge in [-0.25, -0.2) is 4.98 Å². The number of aromatic nitrogens is 4. The highest BCUT2D eigenvalue weighted by Crippen LogP contribution is 2.41. The number of benzene rings is 2. The quantitative estimate of drug-likeness (QED) is 0.129. The lowest BCUT2D eigenvalue weighted by molar-refractivity contribution is -0.123. The summed E-state index contributed by atoms with van der Waals surface area (Å²) < 4.78 is 35.7. The molecule has 3 heterocycles. The normalized spacial score (nSPS) is 20.5. The van der Waals surface area contributed by atoms with E-state index >= 15 is 0 Å². The van der Waals surface area contributed by atoms with Crippen molar-refractivity contribution in [3.8, 4) is 11.5 Å². The van der Waals surface area contributed by atoms with Crippen LogP contribution in [0, 0.1) is 17.5 Å². The smallest absolute Gasteiger partial charge is 0.312 e. The van der Waals surface area contributed by atoms with Gasteiger partial charge in [0.25, 0.3) is 0 Å². The molecule has 42 heavy (non-hydrogen) atoms. The van der Waals surface area contributed by atoms with Gasteiger partial charge in [0.1, 0.15) is 20.4 Å². The fourth-order valence-corrected chi connectivity index (χ4v) is 7.93. The number of nitrogen functional groups attached to an aromatic ring is 1. The van der Waals surface area contributed by atoms with Crippen molar-refractivity contribution >= 4 is 25.1 Å². The van der Waals surface area contributed by atoms with Gasteiger partial charge < -0.3 is 19.9 Å². The van der Waals surface area contributed by atoms with Gasteiger partial charge in [-0.2, -0.15) is 14.4 Å². The third-order valence-electron chi connectivity index (χ3n) is 8.31. The molecule has 1 fully saturated rings. The van der Waals surface area contributed by atoms with Crippen molar-refractivity contribution in [1.82, 2.24) is 19.5 Å². The van der Waals surface area contributed by atoms with Gasteiger partial charge in [-0.3, -0.25) is 4.57 Å². The number of anilines is 1. The predicted molar refractivity (Wildman–Crippen MR) is 163 cm³/mol. The van der Waals surface area contributed by atoms with Gasteiger partial charge in [-0.05, 0) is 29.3 Å². The lowest BCUT2D eigenvalue weighted by Gasteiger charge is -2.31. The molecule has 2 aromatic carbocycles. The first-order chi connectivity index (χ1) is 20.4. The Morgan fingerprint density at radius 1 is 1.00 bits per heavy atom. The van der Waals surface area contributed by atoms with Gasteiger partial charge in [0.05, 0.1) is 26.1 Å². The summed E-state index contributed by atoms with van der Waals surface area (Å²) in [6.07, 6.45) is 0.0563. The van der Waals surface area contributed by atoms with E-state index in [2.05, 4.69) is 47.2 Å². The van der Waals surface area contributed by atoms with Crippen LogP contribution in [0.1, 0.15) is 44.5 Å². The number of fused-ring (bicyclic) bond motifs is 1. The molecule has 1 aliphatic heterocycles. The molecule has 2 aromatic heterocycles. The molecule has 0 saturated carbocycles. The zero-order chi connectivity index (χ0) is 29.6. The van der Waals surface area contributed by atoms with E-state index in [1.807, 2.05) is 60.7 Å². The summed E-state index contributed by atoms with van der Waals surface area (Å²) in [5, 5.41) is 0. The number of imidazole rings is 1. The molecule has 1 aliphatic rings. The van der Waals surface area contributed by atoms with Crippen molar-refractivity contribution in [3.05, 3.63) is 84.2 Å². The van der Waals surface area contributed by atoms with Gasteiger partial charge in [-0.1, -0.05) is 87.4 Å². The van der Waals surface area contributed by atoms with Crippen LogP contribution in [-0.2, 0) is 27.4 Å². The minimum atomic E-state index is -1.86. The fraction of sp³-hybridized carbons (Fsp3) is 0.406. The topological polar surface area (TPSA) is 97.3 Å². The summed E-state index contributed by atoms with van der Waals surface area (Å²) in [5.41, 5.74) is 11.3. The maximum Gasteiger partial charge on any atom is 0.312 e. The Morgan fingerprint density at radius 3 is 2.29 bits per heavy atom. The SMILES string of the molecule is CC[Si](C#C[C@]1(COCc2ccccc2)O[C@@H](n2cnc3c(N)nc(F)nc32)C[C@@H]1OCc1ccccc1)(CC)CC. The molecule has 3 atom stereocenters. The Balaban J connectivity index is 1.54. The van der Waals surface area contributed by atoms with E-state index in [1.165, 1.54) is 0 Å². The van der Waals surface area contributed by atoms with E-state index in [4.69, 9.17) is 19.9 Å². The van der Waals surface area contributed by atoms with Crippen LogP contribution in [0.5, 0.6) is 0 Å². The van der Waals surface area contributed by atoms with Crippen molar-refractivity contribution in [1.29, 1.82) is 0 Å². The Bertz CT molecular complexity index is 1530. The Hall–Kier alpha value is -3.62. The molecule has 10 heteroatoms. The Labute approximate surface area is 247 Å². The first-order valence-corrected chi connectivity index (χ1v) is 17.2. The largest absolute Gasteiger partial charge is 0.382 e. The molecule has 8 nitrogen and oxygen atoms in total. The van der Waals surface area contributed by atoms with Gasteiger partial charge in [0, 0.05) is 6.42 Å². The number of ether oxygens (including phenoxy) is 3. The van der Waals surface area contributed by atoms with Gasteiger partial charge in [-0.15, -0.1) is 5.54 Å². The minimum Gasteiger partial charge on any atom is -0.382 e. The number of halogens is 1. The summed E-state index contributed by atoms with van der Waals surface area (Å²) in [6.45, 7) is 7.67. The van der Waals surface area contributed by atoms with Gasteiger partial charge in [0.2, 0.25) is 0 Å². The van der Waals surface area contributed by atoms with E-state index in [0.717, 1.165) is 29.3 Å². The maximum atomic E-state index is 14.2. The highest BCUT2D eigenvalue weighted by atomic mass is 28.3. The van der Waals surface area contributed by atoms with E-state index in [0.29, 0.717) is 25.2 Å². The molecular formula is C32H38FN5O3Si. The maximum absolute atomic E-state index is 14.2. The second kappa shape index (κ2) is 13.1. The summed E-state index contributed by atoms with van der Waals surface area (Å²) in [6, 6.07) is 23.2. The van der Waals surface area contributed by atoms with Crippen LogP contribution in [0.2, 0.25) is 18.1 Å². The van der Waals surface area contributed by atoms with Crippen molar-refractivity contribution < 1.29 is 18.6 Å². The molecule has 4 aromatic rings. The van der Waals surface area contributed by atoms with Gasteiger partial charge in [0.15, 0.2) is 22.6 Å². The van der Waals surface area contributed by atoms with E-state index in [1.54, 1.807) is 10.9 Å². The number of nitrogens with zero attached hydrogens (tertiary/aromatic N) is 4. The second-order valence-electron chi connectivity index (χ2n) is 10.8. The number of rotatable bonds is 11. The first-order valence-electron chi connectivity index (χ1n) is 14.6. The summed E-state index contributed by atoms with van der Waals surface area (Å²) in [7, 11) is -1.86. The van der Waals surface area contributed by atoms with Crippen LogP contribution in [0.3, 0.4) is 0 Å². The monoisotopic (exact) mass is 587 g/mol. The van der Waals surface area contributed by atoms with Crippen LogP contribution in [0.4, 0.5) is 10.2 Å². The lowest BCUT2D eigenvalue weighted by Crippen LogP contribution is -2.45. The molecule has 1 saturated heterocycles. The molecule has 0 unspecified atom stereocenters. The first kappa shape index (κ1) is 29.9. The average molecular weight is 588 g/mol. The summed E-state index contributed by atoms with van der Waals surface area (Å²) >= 11 is 0. The molecule has 0 spiro atoms. The molecule has 0 bridgehead atoms. The molecule has 2 N–H and O–H groups in total. The van der Waals surface area contributed by atoms with E-state index in [9.17, 15) is 4.39 Å². The van der Waals surface area contributed by atoms with Crippen molar-refractivity contribution in [2.45, 2.75) is 76.5 Å². The molecule has 0 amide bonds. The zero-order valence-electron chi connectivity index (χ0n) is 24.4. The number of nitrogens with two attached hydrogens (primary N) is 1. The zero-order valence-corrected chi connectivity index (χ0v) is 25.4. The summed E-state index contributed by atoms with van der Waals surface area (Å²) in [4.78, 5) is 12.0. The standard InChI is InChI=1S/C32H38FN5O3Si/c1-4-42(5-2,6-3)18-17-32(22-39-20-24-13-9-7-10-14-24)26(40-21-25-15-11-8-12-16-25)19-27(41-32)38-23-35-28-29(34)36-31(33)37-30(28)38/h7-16,23,26-27H,4-6,19-22H2,1-3H3,(H2,34,36,37)/t26-,27+,32+/m0/s1. The average Bonchev–Trinajstić information content (AvgIpc) is 3.60. The van der Waals surface area contributed by atoms with Crippen molar-refractivity contribution in [2.75, 3.05) is 12.3 Å². The summed E-state index contributed by atoms with van der Waals surface area (Å²) in [5.74, 6) is 3.58. The predicted octanol–water partition coefficient (Wildman–Crippen LogP) is 6.06.